The van der Waals surface area contributed by atoms with Crippen LogP contribution in [0.5, 0.6) is 0 Å². The number of rotatable bonds is 4. The van der Waals surface area contributed by atoms with Gasteiger partial charge in [-0.05, 0) is 35.9 Å². The van der Waals surface area contributed by atoms with Crippen molar-refractivity contribution >= 4 is 17.7 Å². The van der Waals surface area contributed by atoms with Crippen LogP contribution < -0.4 is 5.32 Å². The van der Waals surface area contributed by atoms with Crippen LogP contribution in [-0.2, 0) is 7.05 Å². The minimum Gasteiger partial charge on any atom is -0.338 e. The Bertz CT molecular complexity index is 1140. The first-order chi connectivity index (χ1) is 13.9. The summed E-state index contributed by atoms with van der Waals surface area (Å²) in [5.74, 6) is -1.10. The van der Waals surface area contributed by atoms with Crippen LogP contribution in [0.1, 0.15) is 48.5 Å². The van der Waals surface area contributed by atoms with Crippen LogP contribution in [0, 0.1) is 5.82 Å². The lowest BCUT2D eigenvalue weighted by molar-refractivity contribution is 0.0693. The van der Waals surface area contributed by atoms with Crippen molar-refractivity contribution < 1.29 is 18.8 Å². The summed E-state index contributed by atoms with van der Waals surface area (Å²) < 4.78 is 15.1. The van der Waals surface area contributed by atoms with Crippen molar-refractivity contribution in [2.24, 2.45) is 7.05 Å². The number of carbonyl (C=O) groups is 3. The number of hydrogen-bond donors (Lipinski definition) is 1. The van der Waals surface area contributed by atoms with Gasteiger partial charge in [0.25, 0.3) is 17.7 Å². The monoisotopic (exact) mass is 392 g/mol. The van der Waals surface area contributed by atoms with E-state index in [1.54, 1.807) is 36.1 Å². The first kappa shape index (κ1) is 18.5. The SMILES string of the molecule is CN1C(=O)c2ccc(C(=O)N[C@@H](c3ccc(F)cc3)c3nccn3C)cc2C1=O. The van der Waals surface area contributed by atoms with E-state index in [1.807, 2.05) is 0 Å². The Kier molecular flexibility index (Phi) is 4.46. The van der Waals surface area contributed by atoms with E-state index in [-0.39, 0.29) is 22.5 Å². The Labute approximate surface area is 165 Å². The van der Waals surface area contributed by atoms with Crippen molar-refractivity contribution in [3.05, 3.63) is 88.8 Å². The van der Waals surface area contributed by atoms with Crippen molar-refractivity contribution in [2.45, 2.75) is 6.04 Å². The number of hydrogen-bond acceptors (Lipinski definition) is 4. The molecule has 1 atom stereocenters. The Balaban J connectivity index is 1.68. The molecule has 0 saturated carbocycles. The summed E-state index contributed by atoms with van der Waals surface area (Å²) >= 11 is 0. The fraction of sp³-hybridized carbons (Fsp3) is 0.143. The number of benzene rings is 2. The fourth-order valence-corrected chi connectivity index (χ4v) is 3.32. The zero-order valence-electron chi connectivity index (χ0n) is 15.7. The Morgan fingerprint density at radius 2 is 1.72 bits per heavy atom. The summed E-state index contributed by atoms with van der Waals surface area (Å²) in [7, 11) is 3.19. The average Bonchev–Trinajstić information content (AvgIpc) is 3.24. The van der Waals surface area contributed by atoms with Gasteiger partial charge in [0, 0.05) is 32.1 Å². The molecule has 3 aromatic rings. The van der Waals surface area contributed by atoms with Crippen molar-refractivity contribution in [3.8, 4) is 0 Å². The minimum absolute atomic E-state index is 0.195. The van der Waals surface area contributed by atoms with E-state index in [0.29, 0.717) is 11.4 Å². The van der Waals surface area contributed by atoms with Gasteiger partial charge in [-0.15, -0.1) is 0 Å². The molecule has 2 heterocycles. The predicted molar refractivity (Wildman–Crippen MR) is 102 cm³/mol. The highest BCUT2D eigenvalue weighted by atomic mass is 19.1. The maximum atomic E-state index is 13.4. The summed E-state index contributed by atoms with van der Waals surface area (Å²) in [4.78, 5) is 42.5. The molecule has 2 aromatic carbocycles. The van der Waals surface area contributed by atoms with E-state index in [4.69, 9.17) is 0 Å². The molecule has 0 spiro atoms. The van der Waals surface area contributed by atoms with Gasteiger partial charge in [-0.25, -0.2) is 9.37 Å². The predicted octanol–water partition coefficient (Wildman–Crippen LogP) is 2.30. The van der Waals surface area contributed by atoms with Gasteiger partial charge in [0.2, 0.25) is 0 Å². The number of nitrogens with zero attached hydrogens (tertiary/aromatic N) is 3. The zero-order chi connectivity index (χ0) is 20.7. The van der Waals surface area contributed by atoms with Crippen LogP contribution in [0.3, 0.4) is 0 Å². The van der Waals surface area contributed by atoms with E-state index in [0.717, 1.165) is 4.90 Å². The Morgan fingerprint density at radius 3 is 2.38 bits per heavy atom. The van der Waals surface area contributed by atoms with Crippen molar-refractivity contribution in [1.82, 2.24) is 19.8 Å². The number of halogens is 1. The molecule has 146 valence electrons. The highest BCUT2D eigenvalue weighted by Crippen LogP contribution is 2.25. The molecule has 0 saturated heterocycles. The standard InChI is InChI=1S/C21H17FN4O3/c1-25-10-9-23-18(25)17(12-3-6-14(22)7-4-12)24-19(27)13-5-8-15-16(11-13)21(29)26(2)20(15)28/h3-11,17H,1-2H3,(H,24,27)/t17-/m0/s1. The first-order valence-electron chi connectivity index (χ1n) is 8.87. The van der Waals surface area contributed by atoms with Crippen LogP contribution in [-0.4, -0.2) is 39.2 Å². The molecule has 0 bridgehead atoms. The van der Waals surface area contributed by atoms with E-state index >= 15 is 0 Å². The second kappa shape index (κ2) is 6.97. The second-order valence-corrected chi connectivity index (χ2v) is 6.78. The molecule has 1 aliphatic heterocycles. The summed E-state index contributed by atoms with van der Waals surface area (Å²) in [5, 5.41) is 2.89. The summed E-state index contributed by atoms with van der Waals surface area (Å²) in [6.07, 6.45) is 3.35. The lowest BCUT2D eigenvalue weighted by atomic mass is 10.0. The lowest BCUT2D eigenvalue weighted by Gasteiger charge is -2.19. The third-order valence-electron chi connectivity index (χ3n) is 4.95. The summed E-state index contributed by atoms with van der Waals surface area (Å²) in [6.45, 7) is 0. The molecule has 4 rings (SSSR count). The Hall–Kier alpha value is -3.81. The van der Waals surface area contributed by atoms with Gasteiger partial charge in [-0.2, -0.15) is 0 Å². The number of imidazole rings is 1. The summed E-state index contributed by atoms with van der Waals surface area (Å²) in [6, 6.07) is 9.54. The summed E-state index contributed by atoms with van der Waals surface area (Å²) in [5.41, 5.74) is 1.36. The molecule has 3 amide bonds. The van der Waals surface area contributed by atoms with Crippen LogP contribution in [0.15, 0.2) is 54.9 Å². The van der Waals surface area contributed by atoms with Gasteiger partial charge in [-0.3, -0.25) is 19.3 Å². The highest BCUT2D eigenvalue weighted by molar-refractivity contribution is 6.21. The largest absolute Gasteiger partial charge is 0.338 e. The van der Waals surface area contributed by atoms with E-state index in [2.05, 4.69) is 10.3 Å². The number of aromatic nitrogens is 2. The van der Waals surface area contributed by atoms with Crippen LogP contribution in [0.25, 0.3) is 0 Å². The number of fused-ring (bicyclic) bond motifs is 1. The van der Waals surface area contributed by atoms with Crippen molar-refractivity contribution in [1.29, 1.82) is 0 Å². The zero-order valence-corrected chi connectivity index (χ0v) is 15.7. The third kappa shape index (κ3) is 3.18. The Morgan fingerprint density at radius 1 is 1.03 bits per heavy atom. The van der Waals surface area contributed by atoms with Gasteiger partial charge in [0.1, 0.15) is 17.7 Å². The highest BCUT2D eigenvalue weighted by Gasteiger charge is 2.33. The van der Waals surface area contributed by atoms with Gasteiger partial charge < -0.3 is 9.88 Å². The van der Waals surface area contributed by atoms with Crippen molar-refractivity contribution in [2.75, 3.05) is 7.05 Å². The van der Waals surface area contributed by atoms with Gasteiger partial charge >= 0.3 is 0 Å². The maximum absolute atomic E-state index is 13.4. The topological polar surface area (TPSA) is 84.3 Å². The lowest BCUT2D eigenvalue weighted by Crippen LogP contribution is -2.31. The number of amides is 3. The first-order valence-corrected chi connectivity index (χ1v) is 8.87. The average molecular weight is 392 g/mol. The number of nitrogens with one attached hydrogen (secondary N) is 1. The maximum Gasteiger partial charge on any atom is 0.261 e. The number of carbonyl (C=O) groups excluding carboxylic acids is 3. The number of imide groups is 1. The van der Waals surface area contributed by atoms with E-state index < -0.39 is 23.8 Å². The van der Waals surface area contributed by atoms with Crippen molar-refractivity contribution in [3.63, 3.8) is 0 Å². The minimum atomic E-state index is -0.628. The van der Waals surface area contributed by atoms with E-state index in [1.165, 1.54) is 37.4 Å². The molecule has 0 radical (unpaired) electrons. The molecule has 1 aliphatic rings. The molecule has 7 nitrogen and oxygen atoms in total. The fourth-order valence-electron chi connectivity index (χ4n) is 3.32. The van der Waals surface area contributed by atoms with E-state index in [9.17, 15) is 18.8 Å². The number of aryl methyl sites for hydroxylation is 1. The van der Waals surface area contributed by atoms with Gasteiger partial charge in [0.15, 0.2) is 0 Å². The van der Waals surface area contributed by atoms with Crippen LogP contribution in [0.4, 0.5) is 4.39 Å². The smallest absolute Gasteiger partial charge is 0.261 e. The normalized spacial score (nSPS) is 14.1. The third-order valence-corrected chi connectivity index (χ3v) is 4.95. The molecule has 8 heteroatoms. The molecule has 0 unspecified atom stereocenters. The molecule has 0 fully saturated rings. The van der Waals surface area contributed by atoms with Gasteiger partial charge in [-0.1, -0.05) is 12.1 Å². The molecule has 0 aliphatic carbocycles. The molecule has 29 heavy (non-hydrogen) atoms. The molecular formula is C21H17FN4O3. The molecular weight excluding hydrogens is 375 g/mol. The second-order valence-electron chi connectivity index (χ2n) is 6.78. The van der Waals surface area contributed by atoms with Crippen LogP contribution in [0.2, 0.25) is 0 Å². The molecule has 1 N–H and O–H groups in total. The molecule has 1 aromatic heterocycles. The van der Waals surface area contributed by atoms with Crippen LogP contribution >= 0.6 is 0 Å². The van der Waals surface area contributed by atoms with Gasteiger partial charge in [0.05, 0.1) is 11.1 Å². The quantitative estimate of drug-likeness (QED) is 0.691.